The van der Waals surface area contributed by atoms with Crippen molar-refractivity contribution in [3.63, 3.8) is 0 Å². The molecule has 0 aliphatic heterocycles. The number of aliphatic imine (C=N–C) groups is 1. The van der Waals surface area contributed by atoms with Crippen LogP contribution < -0.4 is 77.4 Å². The highest BCUT2D eigenvalue weighted by molar-refractivity contribution is 7.98. The van der Waals surface area contributed by atoms with E-state index in [1.54, 1.807) is 6.26 Å². The fourth-order valence-electron chi connectivity index (χ4n) is 6.28. The molecule has 0 radical (unpaired) electrons. The van der Waals surface area contributed by atoms with Gasteiger partial charge in [-0.05, 0) is 109 Å². The molecule has 0 heterocycles. The lowest BCUT2D eigenvalue weighted by Crippen LogP contribution is -2.61. The Morgan fingerprint density at radius 3 is 1.24 bits per heavy atom. The summed E-state index contributed by atoms with van der Waals surface area (Å²) < 4.78 is 0. The Labute approximate surface area is 400 Å². The zero-order valence-electron chi connectivity index (χ0n) is 38.9. The Kier molecular flexibility index (Phi) is 33.7. The third kappa shape index (κ3) is 26.8. The van der Waals surface area contributed by atoms with E-state index in [-0.39, 0.29) is 63.5 Å². The third-order valence-corrected chi connectivity index (χ3v) is 10.9. The van der Waals surface area contributed by atoms with Crippen molar-refractivity contribution in [2.24, 2.45) is 45.1 Å². The molecule has 28 heteroatoms. The quantitative estimate of drug-likeness (QED) is 0.0155. The normalized spacial score (nSPS) is 14.5. The first-order chi connectivity index (χ1) is 32.3. The molecule has 27 nitrogen and oxygen atoms in total. The van der Waals surface area contributed by atoms with Crippen molar-refractivity contribution >= 4 is 70.9 Å². The van der Waals surface area contributed by atoms with E-state index in [2.05, 4.69) is 42.2 Å². The first-order valence-electron chi connectivity index (χ1n) is 22.6. The second-order valence-corrected chi connectivity index (χ2v) is 16.8. The number of carbonyl (C=O) groups is 9. The lowest BCUT2D eigenvalue weighted by molar-refractivity contribution is -0.142. The van der Waals surface area contributed by atoms with Gasteiger partial charge in [-0.15, -0.1) is 0 Å². The van der Waals surface area contributed by atoms with Crippen LogP contribution in [0.4, 0.5) is 0 Å². The van der Waals surface area contributed by atoms with E-state index in [4.69, 9.17) is 40.1 Å². The summed E-state index contributed by atoms with van der Waals surface area (Å²) in [4.78, 5) is 122. The van der Waals surface area contributed by atoms with Crippen LogP contribution in [0.5, 0.6) is 0 Å². The average molecular weight is 992 g/mol. The van der Waals surface area contributed by atoms with Gasteiger partial charge in [-0.2, -0.15) is 11.8 Å². The highest BCUT2D eigenvalue weighted by Gasteiger charge is 2.34. The highest BCUT2D eigenvalue weighted by atomic mass is 32.2. The van der Waals surface area contributed by atoms with Gasteiger partial charge in [-0.1, -0.05) is 6.42 Å². The monoisotopic (exact) mass is 992 g/mol. The molecule has 0 aromatic carbocycles. The summed E-state index contributed by atoms with van der Waals surface area (Å²) >= 11 is 1.29. The van der Waals surface area contributed by atoms with Gasteiger partial charge in [0.15, 0.2) is 5.96 Å². The number of aliphatic carboxylic acids is 1. The Morgan fingerprint density at radius 1 is 0.485 bits per heavy atom. The Morgan fingerprint density at radius 2 is 0.838 bits per heavy atom. The smallest absolute Gasteiger partial charge is 0.326 e. The fourth-order valence-corrected chi connectivity index (χ4v) is 6.76. The van der Waals surface area contributed by atoms with Crippen LogP contribution >= 0.6 is 11.8 Å². The van der Waals surface area contributed by atoms with Crippen LogP contribution in [0, 0.1) is 0 Å². The predicted octanol–water partition coefficient (Wildman–Crippen LogP) is -6.76. The minimum absolute atomic E-state index is 0.00919. The number of amides is 8. The molecule has 390 valence electrons. The van der Waals surface area contributed by atoms with Gasteiger partial charge in [-0.25, -0.2) is 4.79 Å². The van der Waals surface area contributed by atoms with Gasteiger partial charge >= 0.3 is 5.97 Å². The van der Waals surface area contributed by atoms with E-state index in [1.165, 1.54) is 11.8 Å². The molecule has 0 aromatic heterocycles. The Hall–Kier alpha value is -5.39. The molecule has 0 saturated heterocycles. The largest absolute Gasteiger partial charge is 0.480 e. The van der Waals surface area contributed by atoms with Crippen LogP contribution in [0.3, 0.4) is 0 Å². The van der Waals surface area contributed by atoms with Crippen molar-refractivity contribution < 1.29 is 58.5 Å². The van der Waals surface area contributed by atoms with E-state index in [9.17, 15) is 58.5 Å². The van der Waals surface area contributed by atoms with Crippen LogP contribution in [-0.2, 0) is 43.2 Å². The lowest BCUT2D eigenvalue weighted by atomic mass is 10.0. The standard InChI is InChI=1S/C40H77N15O12S/c1-68-20-15-27(36(63)51-26(13-14-31(45)58)35(62)55-30(22-57)38(65)53-28(39(66)67)11-4-7-18-43)52-37(64)29(21-56)54-34(61)24(10-3-6-17-42)50-33(60)25(12-8-19-48-40(46)47)49-32(59)23(44)9-2-5-16-41/h23-30,56-57H,2-22,41-44H2,1H3,(H2,45,58)(H,49,59)(H,50,60)(H,51,63)(H,52,64)(H,53,65)(H,54,61)(H,55,62)(H,66,67)(H4,46,47,48)/t23-,24-,25-,26-,27-,28-,29-,30-/m0/s1. The molecule has 68 heavy (non-hydrogen) atoms. The Bertz CT molecular complexity index is 1630. The van der Waals surface area contributed by atoms with Crippen molar-refractivity contribution in [1.82, 2.24) is 37.2 Å². The van der Waals surface area contributed by atoms with Gasteiger partial charge in [0.1, 0.15) is 42.3 Å². The number of hydrogen-bond donors (Lipinski definition) is 17. The number of rotatable bonds is 39. The molecule has 24 N–H and O–H groups in total. The molecule has 0 fully saturated rings. The van der Waals surface area contributed by atoms with E-state index in [1.807, 2.05) is 0 Å². The second kappa shape index (κ2) is 36.6. The molecule has 0 spiro atoms. The lowest BCUT2D eigenvalue weighted by Gasteiger charge is -2.27. The maximum atomic E-state index is 13.8. The fraction of sp³-hybridized carbons (Fsp3) is 0.750. The van der Waals surface area contributed by atoms with Gasteiger partial charge in [0, 0.05) is 13.0 Å². The minimum Gasteiger partial charge on any atom is -0.480 e. The molecular weight excluding hydrogens is 915 g/mol. The summed E-state index contributed by atoms with van der Waals surface area (Å²) in [5, 5.41) is 46.7. The Balaban J connectivity index is 6.34. The molecule has 8 amide bonds. The number of primary amides is 1. The summed E-state index contributed by atoms with van der Waals surface area (Å²) in [7, 11) is 0. The number of carboxylic acids is 1. The molecule has 0 aliphatic carbocycles. The molecule has 8 atom stereocenters. The van der Waals surface area contributed by atoms with E-state index < -0.39 is 128 Å². The topological polar surface area (TPSA) is 493 Å². The zero-order valence-corrected chi connectivity index (χ0v) is 39.7. The van der Waals surface area contributed by atoms with Gasteiger partial charge in [-0.3, -0.25) is 43.3 Å². The van der Waals surface area contributed by atoms with Gasteiger partial charge < -0.3 is 92.7 Å². The van der Waals surface area contributed by atoms with Crippen molar-refractivity contribution in [2.75, 3.05) is 51.4 Å². The number of carboxylic acid groups (broad SMARTS) is 1. The van der Waals surface area contributed by atoms with Crippen molar-refractivity contribution in [3.8, 4) is 0 Å². The first kappa shape index (κ1) is 62.6. The summed E-state index contributed by atoms with van der Waals surface area (Å²) in [6.07, 6.45) is 4.23. The predicted molar refractivity (Wildman–Crippen MR) is 253 cm³/mol. The maximum absolute atomic E-state index is 13.8. The van der Waals surface area contributed by atoms with Gasteiger partial charge in [0.2, 0.25) is 47.3 Å². The number of thioether (sulfide) groups is 1. The van der Waals surface area contributed by atoms with Crippen molar-refractivity contribution in [3.05, 3.63) is 0 Å². The SMILES string of the molecule is CSCC[C@H](NC(=O)[C@H](CO)NC(=O)[C@H](CCCCN)NC(=O)[C@H](CCCN=C(N)N)NC(=O)[C@@H](N)CCCCN)C(=O)N[C@@H](CCC(N)=O)C(=O)N[C@@H](CO)C(=O)N[C@@H](CCCCN)C(=O)O. The number of nitrogens with one attached hydrogen (secondary N) is 7. The molecule has 0 unspecified atom stereocenters. The molecule has 0 bridgehead atoms. The average Bonchev–Trinajstić information content (AvgIpc) is 3.29. The van der Waals surface area contributed by atoms with Crippen LogP contribution in [0.2, 0.25) is 0 Å². The number of aliphatic hydroxyl groups is 2. The van der Waals surface area contributed by atoms with Crippen LogP contribution in [0.15, 0.2) is 4.99 Å². The number of guanidine groups is 1. The summed E-state index contributed by atoms with van der Waals surface area (Å²) in [5.74, 6) is -8.56. The third-order valence-electron chi connectivity index (χ3n) is 10.2. The first-order valence-corrected chi connectivity index (χ1v) is 23.9. The molecule has 0 aromatic rings. The van der Waals surface area contributed by atoms with Crippen LogP contribution in [-0.4, -0.2) is 174 Å². The van der Waals surface area contributed by atoms with E-state index in [0.29, 0.717) is 51.5 Å². The van der Waals surface area contributed by atoms with Crippen LogP contribution in [0.1, 0.15) is 89.9 Å². The molecule has 0 aliphatic rings. The van der Waals surface area contributed by atoms with Gasteiger partial charge in [0.25, 0.3) is 0 Å². The van der Waals surface area contributed by atoms with Crippen molar-refractivity contribution in [1.29, 1.82) is 0 Å². The number of nitrogens with zero attached hydrogens (tertiary/aromatic N) is 1. The maximum Gasteiger partial charge on any atom is 0.326 e. The molecule has 0 saturated carbocycles. The number of carbonyl (C=O) groups excluding carboxylic acids is 8. The highest BCUT2D eigenvalue weighted by Crippen LogP contribution is 2.09. The summed E-state index contributed by atoms with van der Waals surface area (Å²) in [6, 6.07) is -11.2. The zero-order chi connectivity index (χ0) is 51.6. The minimum atomic E-state index is -1.69. The number of nitrogens with two attached hydrogens (primary N) is 7. The molecular formula is C40H77N15O12S. The number of hydrogen-bond acceptors (Lipinski definition) is 17. The molecule has 0 rings (SSSR count). The van der Waals surface area contributed by atoms with Gasteiger partial charge in [0.05, 0.1) is 19.3 Å². The number of aliphatic hydroxyl groups excluding tert-OH is 2. The van der Waals surface area contributed by atoms with Crippen LogP contribution in [0.25, 0.3) is 0 Å². The number of unbranched alkanes of at least 4 members (excludes halogenated alkanes) is 3. The second-order valence-electron chi connectivity index (χ2n) is 15.8. The summed E-state index contributed by atoms with van der Waals surface area (Å²) in [6.45, 7) is -0.904. The summed E-state index contributed by atoms with van der Waals surface area (Å²) in [5.41, 5.74) is 38.9. The van der Waals surface area contributed by atoms with Crippen molar-refractivity contribution in [2.45, 2.75) is 138 Å². The van der Waals surface area contributed by atoms with E-state index in [0.717, 1.165) is 0 Å². The van der Waals surface area contributed by atoms with E-state index >= 15 is 0 Å².